The van der Waals surface area contributed by atoms with Crippen molar-refractivity contribution < 1.29 is 37.2 Å². The van der Waals surface area contributed by atoms with Crippen LogP contribution in [0.15, 0.2) is 23.7 Å². The minimum Gasteiger partial charge on any atom is -0.478 e. The highest BCUT2D eigenvalue weighted by atomic mass is 32.2. The minimum atomic E-state index is -4.82. The largest absolute Gasteiger partial charge is 0.491 e. The first kappa shape index (κ1) is 23.5. The molecule has 1 aliphatic rings. The molecule has 5 nitrogen and oxygen atoms in total. The van der Waals surface area contributed by atoms with E-state index in [0.29, 0.717) is 5.47 Å². The van der Waals surface area contributed by atoms with E-state index in [-0.39, 0.29) is 16.4 Å². The summed E-state index contributed by atoms with van der Waals surface area (Å²) < 4.78 is 51.8. The van der Waals surface area contributed by atoms with E-state index in [1.807, 2.05) is 27.7 Å². The van der Waals surface area contributed by atoms with Crippen molar-refractivity contribution in [2.45, 2.75) is 52.0 Å². The zero-order chi connectivity index (χ0) is 22.2. The normalized spacial score (nSPS) is 18.8. The van der Waals surface area contributed by atoms with Gasteiger partial charge in [0.2, 0.25) is 0 Å². The van der Waals surface area contributed by atoms with E-state index < -0.39 is 41.6 Å². The van der Waals surface area contributed by atoms with Gasteiger partial charge >= 0.3 is 19.3 Å². The Morgan fingerprint density at radius 1 is 1.17 bits per heavy atom. The van der Waals surface area contributed by atoms with Crippen molar-refractivity contribution in [2.75, 3.05) is 5.75 Å². The maximum absolute atomic E-state index is 13.3. The maximum atomic E-state index is 13.3. The molecular weight excluding hydrogens is 408 g/mol. The van der Waals surface area contributed by atoms with Crippen molar-refractivity contribution in [1.29, 1.82) is 0 Å². The second-order valence-corrected chi connectivity index (χ2v) is 8.85. The van der Waals surface area contributed by atoms with Crippen molar-refractivity contribution in [3.8, 4) is 0 Å². The van der Waals surface area contributed by atoms with Crippen molar-refractivity contribution in [3.05, 3.63) is 40.4 Å². The van der Waals surface area contributed by atoms with Crippen molar-refractivity contribution >= 4 is 36.0 Å². The van der Waals surface area contributed by atoms with E-state index in [9.17, 15) is 22.8 Å². The van der Waals surface area contributed by atoms with Crippen molar-refractivity contribution in [2.24, 2.45) is 0 Å². The summed E-state index contributed by atoms with van der Waals surface area (Å²) in [5.41, 5.74) is -2.79. The van der Waals surface area contributed by atoms with Crippen LogP contribution >= 0.6 is 11.8 Å². The second-order valence-electron chi connectivity index (χ2n) is 7.70. The third-order valence-corrected chi connectivity index (χ3v) is 5.81. The Morgan fingerprint density at radius 2 is 1.72 bits per heavy atom. The smallest absolute Gasteiger partial charge is 0.478 e. The molecule has 0 atom stereocenters. The van der Waals surface area contributed by atoms with Gasteiger partial charge in [-0.1, -0.05) is 23.9 Å². The summed E-state index contributed by atoms with van der Waals surface area (Å²) in [6.45, 7) is 8.74. The molecule has 0 unspecified atom stereocenters. The molecule has 0 radical (unpaired) electrons. The lowest BCUT2D eigenvalue weighted by atomic mass is 9.78. The van der Waals surface area contributed by atoms with Gasteiger partial charge in [0.25, 0.3) is 0 Å². The summed E-state index contributed by atoms with van der Waals surface area (Å²) in [5, 5.41) is 8.88. The molecule has 1 aromatic rings. The van der Waals surface area contributed by atoms with Crippen molar-refractivity contribution in [3.63, 3.8) is 0 Å². The standard InChI is InChI=1S/C19H22BF3O5S/c1-11(24)29-10-13(20-27-17(2,3)18(4,5)28-20)8-12-6-7-14(16(25)26)15(9-12)19(21,22)23/h6-9H,10H2,1-5H3,(H,25,26). The lowest BCUT2D eigenvalue weighted by Gasteiger charge is -2.32. The third kappa shape index (κ3) is 5.43. The molecule has 1 heterocycles. The third-order valence-electron chi connectivity index (χ3n) is 4.93. The van der Waals surface area contributed by atoms with Crippen LogP contribution in [-0.2, 0) is 20.3 Å². The number of aromatic carboxylic acids is 1. The van der Waals surface area contributed by atoms with E-state index >= 15 is 0 Å². The molecule has 1 N–H and O–H groups in total. The monoisotopic (exact) mass is 430 g/mol. The SMILES string of the molecule is CC(=O)SCC(=Cc1ccc(C(=O)O)c(C(F)(F)F)c1)B1OC(C)(C)C(C)(C)O1. The van der Waals surface area contributed by atoms with Gasteiger partial charge in [-0.15, -0.1) is 0 Å². The number of thioether (sulfide) groups is 1. The molecule has 158 valence electrons. The predicted octanol–water partition coefficient (Wildman–Crippen LogP) is 4.70. The summed E-state index contributed by atoms with van der Waals surface area (Å²) >= 11 is 0.980. The number of rotatable bonds is 5. The first-order valence-corrected chi connectivity index (χ1v) is 9.76. The summed E-state index contributed by atoms with van der Waals surface area (Å²) in [7, 11) is -0.847. The maximum Gasteiger partial charge on any atom is 0.491 e. The number of alkyl halides is 3. The Bertz CT molecular complexity index is 833. The number of halogens is 3. The number of benzene rings is 1. The molecule has 1 fully saturated rings. The lowest BCUT2D eigenvalue weighted by Crippen LogP contribution is -2.41. The summed E-state index contributed by atoms with van der Waals surface area (Å²) in [5.74, 6) is -1.50. The number of carbonyl (C=O) groups excluding carboxylic acids is 1. The highest BCUT2D eigenvalue weighted by Crippen LogP contribution is 2.40. The molecule has 0 aromatic heterocycles. The van der Waals surface area contributed by atoms with Crippen LogP contribution in [0.4, 0.5) is 13.2 Å². The fourth-order valence-corrected chi connectivity index (χ4v) is 3.23. The number of hydrogen-bond acceptors (Lipinski definition) is 5. The van der Waals surface area contributed by atoms with Crippen LogP contribution in [-0.4, -0.2) is 40.3 Å². The van der Waals surface area contributed by atoms with Gasteiger partial charge in [0, 0.05) is 12.7 Å². The Morgan fingerprint density at radius 3 is 2.17 bits per heavy atom. The van der Waals surface area contributed by atoms with Crippen LogP contribution in [0.1, 0.15) is 56.1 Å². The zero-order valence-electron chi connectivity index (χ0n) is 16.7. The molecule has 0 saturated carbocycles. The highest BCUT2D eigenvalue weighted by molar-refractivity contribution is 8.13. The van der Waals surface area contributed by atoms with Gasteiger partial charge in [-0.3, -0.25) is 4.79 Å². The molecule has 1 aromatic carbocycles. The summed E-state index contributed by atoms with van der Waals surface area (Å²) in [4.78, 5) is 22.6. The summed E-state index contributed by atoms with van der Waals surface area (Å²) in [6, 6.07) is 2.96. The van der Waals surface area contributed by atoms with Gasteiger partial charge in [0.1, 0.15) is 0 Å². The van der Waals surface area contributed by atoms with E-state index in [2.05, 4.69) is 0 Å². The van der Waals surface area contributed by atoms with E-state index in [4.69, 9.17) is 14.4 Å². The van der Waals surface area contributed by atoms with Gasteiger partial charge in [-0.05, 0) is 50.9 Å². The predicted molar refractivity (Wildman–Crippen MR) is 106 cm³/mol. The van der Waals surface area contributed by atoms with Gasteiger partial charge in [0.15, 0.2) is 5.12 Å². The van der Waals surface area contributed by atoms with E-state index in [1.165, 1.54) is 19.1 Å². The fraction of sp³-hybridized carbons (Fsp3) is 0.474. The van der Waals surface area contributed by atoms with Crippen molar-refractivity contribution in [1.82, 2.24) is 0 Å². The van der Waals surface area contributed by atoms with Gasteiger partial charge in [-0.2, -0.15) is 13.2 Å². The van der Waals surface area contributed by atoms with Crippen LogP contribution in [0.2, 0.25) is 0 Å². The van der Waals surface area contributed by atoms with Crippen LogP contribution in [0, 0.1) is 0 Å². The molecule has 0 aliphatic carbocycles. The summed E-state index contributed by atoms with van der Waals surface area (Å²) in [6.07, 6.45) is -3.38. The van der Waals surface area contributed by atoms with E-state index in [1.54, 1.807) is 0 Å². The Kier molecular flexibility index (Phi) is 6.61. The molecule has 0 spiro atoms. The quantitative estimate of drug-likeness (QED) is 0.683. The first-order valence-electron chi connectivity index (χ1n) is 8.78. The molecule has 1 aliphatic heterocycles. The molecule has 10 heteroatoms. The average molecular weight is 430 g/mol. The van der Waals surface area contributed by atoms with Gasteiger partial charge in [0.05, 0.1) is 22.3 Å². The average Bonchev–Trinajstić information content (AvgIpc) is 2.77. The van der Waals surface area contributed by atoms with Crippen LogP contribution in [0.3, 0.4) is 0 Å². The molecule has 0 bridgehead atoms. The Balaban J connectivity index is 2.49. The topological polar surface area (TPSA) is 72.8 Å². The molecular formula is C19H22BF3O5S. The van der Waals surface area contributed by atoms with Gasteiger partial charge < -0.3 is 14.4 Å². The highest BCUT2D eigenvalue weighted by Gasteiger charge is 2.52. The number of carboxylic acid groups (broad SMARTS) is 1. The fourth-order valence-electron chi connectivity index (χ4n) is 2.64. The number of carboxylic acids is 1. The molecule has 1 saturated heterocycles. The van der Waals surface area contributed by atoms with Crippen LogP contribution in [0.5, 0.6) is 0 Å². The zero-order valence-corrected chi connectivity index (χ0v) is 17.5. The second kappa shape index (κ2) is 8.16. The van der Waals surface area contributed by atoms with E-state index in [0.717, 1.165) is 23.9 Å². The molecule has 2 rings (SSSR count). The molecule has 29 heavy (non-hydrogen) atoms. The number of carbonyl (C=O) groups is 2. The Hall–Kier alpha value is -1.78. The Labute approximate surface area is 171 Å². The van der Waals surface area contributed by atoms with Crippen LogP contribution < -0.4 is 0 Å². The molecule has 0 amide bonds. The number of hydrogen-bond donors (Lipinski definition) is 1. The minimum absolute atomic E-state index is 0.135. The first-order chi connectivity index (χ1) is 13.1. The lowest BCUT2D eigenvalue weighted by molar-refractivity contribution is -0.138. The van der Waals surface area contributed by atoms with Gasteiger partial charge in [-0.25, -0.2) is 4.79 Å². The van der Waals surface area contributed by atoms with Crippen LogP contribution in [0.25, 0.3) is 6.08 Å².